The lowest BCUT2D eigenvalue weighted by Crippen LogP contribution is -2.21. The van der Waals surface area contributed by atoms with Gasteiger partial charge in [-0.15, -0.1) is 0 Å². The third-order valence-electron chi connectivity index (χ3n) is 18.1. The number of hydrogen-bond donors (Lipinski definition) is 5. The molecule has 8 rings (SSSR count). The molecule has 0 bridgehead atoms. The van der Waals surface area contributed by atoms with Crippen molar-refractivity contribution in [3.05, 3.63) is 140 Å². The van der Waals surface area contributed by atoms with Crippen LogP contribution in [0.15, 0.2) is 73.3 Å². The molecule has 0 aliphatic heterocycles. The molecule has 4 heterocycles. The van der Waals surface area contributed by atoms with Gasteiger partial charge in [-0.25, -0.2) is 17.6 Å². The van der Waals surface area contributed by atoms with E-state index in [2.05, 4.69) is 76.3 Å². The molecule has 0 atom stereocenters. The zero-order chi connectivity index (χ0) is 84.1. The maximum atomic E-state index is 15.2. The number of H-pyrrole nitrogens is 4. The van der Waals surface area contributed by atoms with Gasteiger partial charge in [0, 0.05) is 83.7 Å². The summed E-state index contributed by atoms with van der Waals surface area (Å²) in [6, 6.07) is 9.79. The van der Waals surface area contributed by atoms with Crippen molar-refractivity contribution >= 4 is 11.6 Å². The van der Waals surface area contributed by atoms with Gasteiger partial charge < -0.3 is 44.3 Å². The minimum absolute atomic E-state index is 0.0739. The van der Waals surface area contributed by atoms with Gasteiger partial charge in [-0.05, 0) is 179 Å². The van der Waals surface area contributed by atoms with Gasteiger partial charge in [-0.1, -0.05) is 100 Å². The van der Waals surface area contributed by atoms with Crippen LogP contribution in [0.2, 0.25) is 5.02 Å². The highest BCUT2D eigenvalue weighted by molar-refractivity contribution is 6.33. The van der Waals surface area contributed by atoms with E-state index in [1.807, 2.05) is 81.6 Å². The molecule has 0 aliphatic carbocycles. The summed E-state index contributed by atoms with van der Waals surface area (Å²) >= 11 is 6.31. The quantitative estimate of drug-likeness (QED) is 0.0229. The predicted octanol–water partition coefficient (Wildman–Crippen LogP) is 21.9. The first kappa shape index (κ1) is 95.7. The van der Waals surface area contributed by atoms with Gasteiger partial charge in [-0.3, -0.25) is 20.4 Å². The molecule has 0 amide bonds. The van der Waals surface area contributed by atoms with Crippen LogP contribution in [0.5, 0.6) is 23.0 Å². The van der Waals surface area contributed by atoms with E-state index in [0.717, 1.165) is 106 Å². The van der Waals surface area contributed by atoms with E-state index >= 15 is 8.78 Å². The van der Waals surface area contributed by atoms with Gasteiger partial charge in [0.1, 0.15) is 28.6 Å². The number of ether oxygens (including phenoxy) is 4. The zero-order valence-electron chi connectivity index (χ0n) is 68.0. The largest absolute Gasteiger partial charge is 0.493 e. The predicted molar refractivity (Wildman–Crippen MR) is 420 cm³/mol. The lowest BCUT2D eigenvalue weighted by atomic mass is 9.96. The maximum absolute atomic E-state index is 15.2. The first-order valence-corrected chi connectivity index (χ1v) is 38.9. The Morgan fingerprint density at radius 1 is 0.442 bits per heavy atom. The van der Waals surface area contributed by atoms with Crippen LogP contribution in [0, 0.1) is 36.3 Å². The molecular weight excluding hydrogens is 1510 g/mol. The van der Waals surface area contributed by atoms with Crippen LogP contribution < -0.4 is 24.7 Å². The van der Waals surface area contributed by atoms with E-state index in [0.29, 0.717) is 99.0 Å². The second kappa shape index (κ2) is 45.4. The van der Waals surface area contributed by atoms with Gasteiger partial charge in [0.05, 0.1) is 95.7 Å². The molecule has 0 saturated heterocycles. The summed E-state index contributed by atoms with van der Waals surface area (Å²) in [6.07, 6.45) is 1.79. The van der Waals surface area contributed by atoms with E-state index in [-0.39, 0.29) is 82.6 Å². The number of nitrogens with one attached hydrogen (secondary N) is 4. The van der Waals surface area contributed by atoms with E-state index in [1.54, 1.807) is 24.7 Å². The van der Waals surface area contributed by atoms with Crippen LogP contribution in [-0.4, -0.2) is 148 Å². The van der Waals surface area contributed by atoms with Crippen molar-refractivity contribution in [1.29, 1.82) is 0 Å². The van der Waals surface area contributed by atoms with Crippen molar-refractivity contribution < 1.29 is 76.0 Å². The molecule has 113 heavy (non-hydrogen) atoms. The zero-order valence-corrected chi connectivity index (χ0v) is 68.8. The molecule has 8 aromatic rings. The van der Waals surface area contributed by atoms with Gasteiger partial charge in [-0.2, -0.15) is 59.9 Å². The minimum Gasteiger partial charge on any atom is -0.493 e. The molecule has 0 saturated carbocycles. The Bertz CT molecular complexity index is 4130. The second-order valence-electron chi connectivity index (χ2n) is 29.8. The van der Waals surface area contributed by atoms with E-state index in [4.69, 9.17) is 36.3 Å². The SMILES string of the molecule is CCCCN(C)Cc1cn[nH]c1-c1cc(C(F)(F)F)c(OCCC)cc1Cl.CCCCN(C)Cc1cn[nH]c1-c1cc(C(F)(F)F)cc(OCCC(C)C)c1F.CCCCN(C)Cc1cn[nH]c1-c1ccc(OCC(C)C)c(C(C)(F)F)c1F.Cc1c(-c2[nH]ncc2CN(C)CCCN)ccc(OCCC(C)C)c1C(F)(F)F. The number of unbranched alkanes of at least 4 members (excludes halogenated alkanes) is 3. The van der Waals surface area contributed by atoms with Crippen LogP contribution in [0.4, 0.5) is 57.1 Å². The lowest BCUT2D eigenvalue weighted by Gasteiger charge is -2.20. The van der Waals surface area contributed by atoms with Crippen LogP contribution in [0.3, 0.4) is 0 Å². The molecule has 0 aliphatic rings. The molecule has 0 radical (unpaired) electrons. The Morgan fingerprint density at radius 2 is 0.850 bits per heavy atom. The Balaban J connectivity index is 0.000000269. The van der Waals surface area contributed by atoms with E-state index < -0.39 is 64.1 Å². The lowest BCUT2D eigenvalue weighted by molar-refractivity contribution is -0.140. The standard InChI is InChI=1S/C21H29F4N3O.C21H31F3N4O.C21H30F3N3O.C19H25ClF3N3O/c1-5-6-8-28(4)13-15-12-26-27-20(15)17-10-16(21(23,24)25)11-18(19(17)22)29-9-7-14(2)3;1-14(2)8-11-29-18-7-6-17(15(3)19(18)21(22,23)24)20-16(12-26-27-20)13-28(4)10-5-9-25;1-6-7-10-27(5)12-15-11-25-26-20(15)16-8-9-17(28-13-14(2)3)18(19(16)22)21(4,23)24;1-4-6-7-26(3)12-13-11-24-25-18(13)14-9-15(19(21,22)23)17(10-16(14)20)27-8-5-2/h10-12,14H,5-9,13H2,1-4H3,(H,26,27);6-7,12,14H,5,8-11,13,25H2,1-4H3,(H,26,27);8-9,11,14H,6-7,10,12-13H2,1-5H3,(H,25,26);9-11H,4-8,12H2,1-3H3,(H,24,25). The molecule has 0 unspecified atom stereocenters. The average Bonchev–Trinajstić information content (AvgIpc) is 1.77. The maximum Gasteiger partial charge on any atom is 0.420 e. The van der Waals surface area contributed by atoms with Crippen LogP contribution in [0.1, 0.15) is 190 Å². The topological polar surface area (TPSA) is 191 Å². The van der Waals surface area contributed by atoms with Crippen molar-refractivity contribution in [2.24, 2.45) is 23.5 Å². The van der Waals surface area contributed by atoms with Crippen LogP contribution in [0.25, 0.3) is 45.0 Å². The van der Waals surface area contributed by atoms with Crippen molar-refractivity contribution in [2.45, 2.75) is 198 Å². The Kier molecular flexibility index (Phi) is 38.5. The number of alkyl halides is 11. The molecular formula is C82H115ClF13N13O4. The van der Waals surface area contributed by atoms with Crippen molar-refractivity contribution in [2.75, 3.05) is 87.3 Å². The Morgan fingerprint density at radius 3 is 1.25 bits per heavy atom. The van der Waals surface area contributed by atoms with Gasteiger partial charge in [0.2, 0.25) is 0 Å². The highest BCUT2D eigenvalue weighted by Crippen LogP contribution is 2.46. The van der Waals surface area contributed by atoms with Gasteiger partial charge in [0.15, 0.2) is 11.6 Å². The Hall–Kier alpha value is -7.90. The fourth-order valence-electron chi connectivity index (χ4n) is 11.9. The third kappa shape index (κ3) is 29.7. The monoisotopic (exact) mass is 1630 g/mol. The molecule has 4 aromatic carbocycles. The van der Waals surface area contributed by atoms with Crippen molar-refractivity contribution in [1.82, 2.24) is 60.4 Å². The first-order valence-electron chi connectivity index (χ1n) is 38.5. The van der Waals surface area contributed by atoms with Crippen LogP contribution in [-0.2, 0) is 50.6 Å². The highest BCUT2D eigenvalue weighted by Gasteiger charge is 2.40. The van der Waals surface area contributed by atoms with Crippen LogP contribution >= 0.6 is 11.6 Å². The summed E-state index contributed by atoms with van der Waals surface area (Å²) in [4.78, 5) is 8.31. The number of aromatic nitrogens is 8. The number of nitrogens with zero attached hydrogens (tertiary/aromatic N) is 8. The molecule has 0 fully saturated rings. The van der Waals surface area contributed by atoms with Gasteiger partial charge in [0.25, 0.3) is 5.92 Å². The normalized spacial score (nSPS) is 12.2. The smallest absolute Gasteiger partial charge is 0.420 e. The van der Waals surface area contributed by atoms with Crippen molar-refractivity contribution in [3.63, 3.8) is 0 Å². The highest BCUT2D eigenvalue weighted by atomic mass is 35.5. The number of halogens is 14. The fraction of sp³-hybridized carbons (Fsp3) is 0.561. The molecule has 630 valence electrons. The summed E-state index contributed by atoms with van der Waals surface area (Å²) in [6.45, 7) is 29.0. The summed E-state index contributed by atoms with van der Waals surface area (Å²) in [7, 11) is 7.80. The molecule has 6 N–H and O–H groups in total. The number of benzene rings is 4. The molecule has 17 nitrogen and oxygen atoms in total. The molecule has 31 heteroatoms. The van der Waals surface area contributed by atoms with Crippen molar-refractivity contribution in [3.8, 4) is 68.0 Å². The summed E-state index contributed by atoms with van der Waals surface area (Å²) in [5.41, 5.74) is 7.88. The number of rotatable bonds is 39. The summed E-state index contributed by atoms with van der Waals surface area (Å²) in [5.74, 6) is -5.27. The minimum atomic E-state index is -4.61. The fourth-order valence-corrected chi connectivity index (χ4v) is 12.2. The van der Waals surface area contributed by atoms with Gasteiger partial charge >= 0.3 is 18.5 Å². The third-order valence-corrected chi connectivity index (χ3v) is 18.4. The first-order chi connectivity index (χ1) is 53.2. The molecule has 4 aromatic heterocycles. The summed E-state index contributed by atoms with van der Waals surface area (Å²) in [5, 5.41) is 27.3. The van der Waals surface area contributed by atoms with E-state index in [1.165, 1.54) is 37.4 Å². The molecule has 0 spiro atoms. The summed E-state index contributed by atoms with van der Waals surface area (Å²) < 4.78 is 203. The van der Waals surface area contributed by atoms with E-state index in [9.17, 15) is 48.3 Å². The number of aromatic amines is 4. The Labute approximate surface area is 662 Å². The number of hydrogen-bond acceptors (Lipinski definition) is 13. The second-order valence-corrected chi connectivity index (χ2v) is 30.2. The average molecular weight is 1630 g/mol. The number of nitrogens with two attached hydrogens (primary N) is 1.